The fraction of sp³-hybridized carbons (Fsp3) is 0.846. The minimum absolute atomic E-state index is 0.00908. The van der Waals surface area contributed by atoms with Gasteiger partial charge in [-0.1, -0.05) is 0 Å². The molecule has 0 unspecified atom stereocenters. The van der Waals surface area contributed by atoms with Crippen molar-refractivity contribution in [2.75, 3.05) is 39.8 Å². The molecule has 104 valence electrons. The Hall–Kier alpha value is -1.10. The lowest BCUT2D eigenvalue weighted by molar-refractivity contribution is -0.147. The maximum atomic E-state index is 11.9. The fourth-order valence-electron chi connectivity index (χ4n) is 2.36. The molecule has 0 aliphatic carbocycles. The van der Waals surface area contributed by atoms with Gasteiger partial charge in [0.15, 0.2) is 0 Å². The lowest BCUT2D eigenvalue weighted by Crippen LogP contribution is -2.44. The highest BCUT2D eigenvalue weighted by Gasteiger charge is 2.26. The second kappa shape index (κ2) is 7.36. The minimum Gasteiger partial charge on any atom is -0.469 e. The fourth-order valence-corrected chi connectivity index (χ4v) is 2.36. The van der Waals surface area contributed by atoms with Crippen molar-refractivity contribution >= 4 is 11.9 Å². The SMILES string of the molecule is CCN(CC)C(=O)CN1CCC(C(=O)OC)CC1. The number of amides is 1. The quantitative estimate of drug-likeness (QED) is 0.681. The first-order valence-electron chi connectivity index (χ1n) is 6.70. The van der Waals surface area contributed by atoms with Crippen LogP contribution < -0.4 is 0 Å². The van der Waals surface area contributed by atoms with Crippen LogP contribution >= 0.6 is 0 Å². The van der Waals surface area contributed by atoms with Crippen molar-refractivity contribution in [2.24, 2.45) is 5.92 Å². The van der Waals surface area contributed by atoms with Crippen LogP contribution in [0.3, 0.4) is 0 Å². The predicted molar refractivity (Wildman–Crippen MR) is 69.1 cm³/mol. The van der Waals surface area contributed by atoms with E-state index in [2.05, 4.69) is 4.90 Å². The number of likely N-dealkylation sites (tertiary alicyclic amines) is 1. The molecule has 0 aromatic rings. The summed E-state index contributed by atoms with van der Waals surface area (Å²) in [4.78, 5) is 27.3. The molecule has 5 nitrogen and oxygen atoms in total. The zero-order chi connectivity index (χ0) is 13.5. The molecule has 1 aliphatic heterocycles. The highest BCUT2D eigenvalue weighted by Crippen LogP contribution is 2.18. The van der Waals surface area contributed by atoms with Gasteiger partial charge in [0.05, 0.1) is 19.6 Å². The van der Waals surface area contributed by atoms with Gasteiger partial charge < -0.3 is 9.64 Å². The Morgan fingerprint density at radius 2 is 1.78 bits per heavy atom. The van der Waals surface area contributed by atoms with Gasteiger partial charge in [-0.25, -0.2) is 0 Å². The van der Waals surface area contributed by atoms with Gasteiger partial charge in [0.1, 0.15) is 0 Å². The third-order valence-electron chi connectivity index (χ3n) is 3.60. The van der Waals surface area contributed by atoms with E-state index in [1.165, 1.54) is 7.11 Å². The van der Waals surface area contributed by atoms with Gasteiger partial charge in [-0.2, -0.15) is 0 Å². The Morgan fingerprint density at radius 1 is 1.22 bits per heavy atom. The molecule has 0 aromatic heterocycles. The van der Waals surface area contributed by atoms with Gasteiger partial charge in [-0.3, -0.25) is 14.5 Å². The van der Waals surface area contributed by atoms with Gasteiger partial charge in [0.25, 0.3) is 0 Å². The number of esters is 1. The first kappa shape index (κ1) is 15.0. The van der Waals surface area contributed by atoms with Crippen LogP contribution in [-0.4, -0.2) is 61.5 Å². The summed E-state index contributed by atoms with van der Waals surface area (Å²) in [6.07, 6.45) is 1.58. The van der Waals surface area contributed by atoms with Crippen molar-refractivity contribution in [3.8, 4) is 0 Å². The van der Waals surface area contributed by atoms with Crippen molar-refractivity contribution in [1.29, 1.82) is 0 Å². The number of carbonyl (C=O) groups is 2. The van der Waals surface area contributed by atoms with Gasteiger partial charge >= 0.3 is 5.97 Å². The molecule has 1 amide bonds. The minimum atomic E-state index is -0.121. The molecule has 0 bridgehead atoms. The van der Waals surface area contributed by atoms with E-state index in [-0.39, 0.29) is 17.8 Å². The molecule has 0 aromatic carbocycles. The van der Waals surface area contributed by atoms with Crippen molar-refractivity contribution in [1.82, 2.24) is 9.80 Å². The largest absolute Gasteiger partial charge is 0.469 e. The molecule has 1 saturated heterocycles. The molecular formula is C13H24N2O3. The summed E-state index contributed by atoms with van der Waals surface area (Å²) in [5.41, 5.74) is 0. The van der Waals surface area contributed by atoms with Gasteiger partial charge in [-0.05, 0) is 39.8 Å². The Morgan fingerprint density at radius 3 is 2.22 bits per heavy atom. The van der Waals surface area contributed by atoms with Crippen LogP contribution in [0.4, 0.5) is 0 Å². The normalized spacial score (nSPS) is 17.5. The highest BCUT2D eigenvalue weighted by atomic mass is 16.5. The number of likely N-dealkylation sites (N-methyl/N-ethyl adjacent to an activating group) is 1. The number of nitrogens with zero attached hydrogens (tertiary/aromatic N) is 2. The number of methoxy groups -OCH3 is 1. The molecule has 0 spiro atoms. The summed E-state index contributed by atoms with van der Waals surface area (Å²) in [5.74, 6) is 0.0658. The molecule has 1 fully saturated rings. The summed E-state index contributed by atoms with van der Waals surface area (Å²) in [6.45, 7) is 7.56. The van der Waals surface area contributed by atoms with Crippen LogP contribution in [0.5, 0.6) is 0 Å². The maximum absolute atomic E-state index is 11.9. The summed E-state index contributed by atoms with van der Waals surface area (Å²) < 4.78 is 4.75. The Bertz CT molecular complexity index is 282. The first-order chi connectivity index (χ1) is 8.62. The van der Waals surface area contributed by atoms with Gasteiger partial charge in [0.2, 0.25) is 5.91 Å². The highest BCUT2D eigenvalue weighted by molar-refractivity contribution is 5.78. The summed E-state index contributed by atoms with van der Waals surface area (Å²) in [7, 11) is 1.43. The molecular weight excluding hydrogens is 232 g/mol. The van der Waals surface area contributed by atoms with E-state index >= 15 is 0 Å². The molecule has 0 saturated carbocycles. The summed E-state index contributed by atoms with van der Waals surface area (Å²) in [6, 6.07) is 0. The zero-order valence-electron chi connectivity index (χ0n) is 11.6. The molecule has 18 heavy (non-hydrogen) atoms. The number of piperidine rings is 1. The van der Waals surface area contributed by atoms with E-state index < -0.39 is 0 Å². The van der Waals surface area contributed by atoms with Gasteiger partial charge in [-0.15, -0.1) is 0 Å². The van der Waals surface area contributed by atoms with Gasteiger partial charge in [0, 0.05) is 13.1 Å². The number of hydrogen-bond acceptors (Lipinski definition) is 4. The molecule has 0 N–H and O–H groups in total. The second-order valence-electron chi connectivity index (χ2n) is 4.64. The van der Waals surface area contributed by atoms with E-state index in [1.807, 2.05) is 18.7 Å². The third kappa shape index (κ3) is 3.98. The van der Waals surface area contributed by atoms with Crippen molar-refractivity contribution in [2.45, 2.75) is 26.7 Å². The van der Waals surface area contributed by atoms with Crippen LogP contribution in [0.2, 0.25) is 0 Å². The number of carbonyl (C=O) groups excluding carboxylic acids is 2. The summed E-state index contributed by atoms with van der Waals surface area (Å²) >= 11 is 0. The third-order valence-corrected chi connectivity index (χ3v) is 3.60. The van der Waals surface area contributed by atoms with Crippen molar-refractivity contribution < 1.29 is 14.3 Å². The average molecular weight is 256 g/mol. The van der Waals surface area contributed by atoms with Crippen molar-refractivity contribution in [3.63, 3.8) is 0 Å². The number of rotatable bonds is 5. The average Bonchev–Trinajstić information content (AvgIpc) is 2.40. The smallest absolute Gasteiger partial charge is 0.308 e. The molecule has 1 heterocycles. The number of hydrogen-bond donors (Lipinski definition) is 0. The zero-order valence-corrected chi connectivity index (χ0v) is 11.6. The first-order valence-corrected chi connectivity index (χ1v) is 6.70. The lowest BCUT2D eigenvalue weighted by Gasteiger charge is -2.31. The van der Waals surface area contributed by atoms with Crippen LogP contribution in [0, 0.1) is 5.92 Å². The standard InChI is InChI=1S/C13H24N2O3/c1-4-15(5-2)12(16)10-14-8-6-11(7-9-14)13(17)18-3/h11H,4-10H2,1-3H3. The molecule has 1 rings (SSSR count). The molecule has 1 aliphatic rings. The molecule has 0 atom stereocenters. The number of ether oxygens (including phenoxy) is 1. The monoisotopic (exact) mass is 256 g/mol. The van der Waals surface area contributed by atoms with Crippen LogP contribution in [0.25, 0.3) is 0 Å². The molecule has 0 radical (unpaired) electrons. The van der Waals surface area contributed by atoms with Crippen molar-refractivity contribution in [3.05, 3.63) is 0 Å². The summed E-state index contributed by atoms with van der Waals surface area (Å²) in [5, 5.41) is 0. The van der Waals surface area contributed by atoms with E-state index in [0.29, 0.717) is 6.54 Å². The Labute approximate surface area is 109 Å². The van der Waals surface area contributed by atoms with E-state index in [9.17, 15) is 9.59 Å². The van der Waals surface area contributed by atoms with E-state index in [0.717, 1.165) is 39.0 Å². The lowest BCUT2D eigenvalue weighted by atomic mass is 9.97. The van der Waals surface area contributed by atoms with Crippen LogP contribution in [0.1, 0.15) is 26.7 Å². The van der Waals surface area contributed by atoms with Crippen LogP contribution in [0.15, 0.2) is 0 Å². The second-order valence-corrected chi connectivity index (χ2v) is 4.64. The van der Waals surface area contributed by atoms with E-state index in [1.54, 1.807) is 0 Å². The van der Waals surface area contributed by atoms with Crippen LogP contribution in [-0.2, 0) is 14.3 Å². The topological polar surface area (TPSA) is 49.9 Å². The van der Waals surface area contributed by atoms with E-state index in [4.69, 9.17) is 4.74 Å². The Kier molecular flexibility index (Phi) is 6.12. The maximum Gasteiger partial charge on any atom is 0.308 e. The predicted octanol–water partition coefficient (Wildman–Crippen LogP) is 0.740. The molecule has 5 heteroatoms. The Balaban J connectivity index is 2.35.